The van der Waals surface area contributed by atoms with Gasteiger partial charge in [-0.1, -0.05) is 6.92 Å². The van der Waals surface area contributed by atoms with Crippen LogP contribution in [0.15, 0.2) is 39.8 Å². The van der Waals surface area contributed by atoms with Crippen LogP contribution in [0, 0.1) is 3.57 Å². The fraction of sp³-hybridized carbons (Fsp3) is 0.318. The number of nitrogens with zero attached hydrogens (tertiary/aromatic N) is 1. The molecule has 2 aromatic carbocycles. The Morgan fingerprint density at radius 1 is 1.26 bits per heavy atom. The number of rotatable bonds is 7. The molecule has 1 aliphatic heterocycles. The molecule has 7 N–H and O–H groups in total. The molecule has 0 saturated heterocycles. The zero-order valence-electron chi connectivity index (χ0n) is 18.2. The SMILES string of the molecule is CC[C@H](NC(=O)CNC(=O)c1cc(O)cc(NC2=NCC(O)CN2)c1)c1cc(I)cc(Br)c1O. The van der Waals surface area contributed by atoms with Gasteiger partial charge in [-0.3, -0.25) is 14.6 Å². The highest BCUT2D eigenvalue weighted by Gasteiger charge is 2.20. The zero-order valence-corrected chi connectivity index (χ0v) is 22.0. The van der Waals surface area contributed by atoms with Gasteiger partial charge in [0.05, 0.1) is 29.7 Å². The van der Waals surface area contributed by atoms with Crippen LogP contribution in [0.4, 0.5) is 5.69 Å². The van der Waals surface area contributed by atoms with E-state index in [0.29, 0.717) is 34.6 Å². The summed E-state index contributed by atoms with van der Waals surface area (Å²) >= 11 is 5.44. The molecule has 34 heavy (non-hydrogen) atoms. The molecule has 0 aromatic heterocycles. The maximum atomic E-state index is 12.6. The number of phenols is 2. The van der Waals surface area contributed by atoms with Crippen molar-refractivity contribution in [3.63, 3.8) is 0 Å². The van der Waals surface area contributed by atoms with E-state index in [-0.39, 0.29) is 30.2 Å². The maximum Gasteiger partial charge on any atom is 0.251 e. The second kappa shape index (κ2) is 11.7. The Morgan fingerprint density at radius 2 is 2.03 bits per heavy atom. The van der Waals surface area contributed by atoms with Crippen LogP contribution < -0.4 is 21.3 Å². The number of aromatic hydroxyl groups is 2. The Morgan fingerprint density at radius 3 is 2.71 bits per heavy atom. The average molecular weight is 646 g/mol. The average Bonchev–Trinajstić information content (AvgIpc) is 2.79. The fourth-order valence-corrected chi connectivity index (χ4v) is 4.88. The van der Waals surface area contributed by atoms with Gasteiger partial charge in [-0.2, -0.15) is 0 Å². The first-order chi connectivity index (χ1) is 16.2. The Labute approximate surface area is 218 Å². The number of aliphatic imine (C=N–C) groups is 1. The quantitative estimate of drug-likeness (QED) is 0.228. The van der Waals surface area contributed by atoms with Crippen LogP contribution in [0.1, 0.15) is 35.3 Å². The Hall–Kier alpha value is -2.58. The molecule has 10 nitrogen and oxygen atoms in total. The molecule has 1 unspecified atom stereocenters. The third-order valence-corrected chi connectivity index (χ3v) is 6.22. The lowest BCUT2D eigenvalue weighted by molar-refractivity contribution is -0.120. The lowest BCUT2D eigenvalue weighted by Crippen LogP contribution is -2.42. The molecule has 0 radical (unpaired) electrons. The van der Waals surface area contributed by atoms with Crippen molar-refractivity contribution < 1.29 is 24.9 Å². The molecule has 2 atom stereocenters. The van der Waals surface area contributed by atoms with Crippen LogP contribution in [-0.2, 0) is 4.79 Å². The molecule has 2 amide bonds. The number of aliphatic hydroxyl groups is 1. The maximum absolute atomic E-state index is 12.6. The van der Waals surface area contributed by atoms with E-state index >= 15 is 0 Å². The largest absolute Gasteiger partial charge is 0.508 e. The summed E-state index contributed by atoms with van der Waals surface area (Å²) in [7, 11) is 0. The van der Waals surface area contributed by atoms with Gasteiger partial charge in [-0.05, 0) is 69.2 Å². The molecule has 2 aromatic rings. The van der Waals surface area contributed by atoms with Gasteiger partial charge in [0.2, 0.25) is 5.91 Å². The van der Waals surface area contributed by atoms with Gasteiger partial charge >= 0.3 is 0 Å². The third kappa shape index (κ3) is 6.96. The number of guanidine groups is 1. The monoisotopic (exact) mass is 645 g/mol. The van der Waals surface area contributed by atoms with Crippen molar-refractivity contribution in [1.82, 2.24) is 16.0 Å². The van der Waals surface area contributed by atoms with Gasteiger partial charge in [-0.25, -0.2) is 0 Å². The van der Waals surface area contributed by atoms with E-state index in [0.717, 1.165) is 3.57 Å². The van der Waals surface area contributed by atoms with Crippen molar-refractivity contribution in [2.75, 3.05) is 25.0 Å². The minimum atomic E-state index is -0.564. The first-order valence-corrected chi connectivity index (χ1v) is 12.4. The van der Waals surface area contributed by atoms with Crippen molar-refractivity contribution >= 4 is 62.0 Å². The number of β-amino-alcohol motifs (C(OH)–C–C–N with tert-alkyl or cyclic N) is 1. The second-order valence-corrected chi connectivity index (χ2v) is 9.75. The van der Waals surface area contributed by atoms with E-state index < -0.39 is 24.0 Å². The van der Waals surface area contributed by atoms with Crippen LogP contribution >= 0.6 is 38.5 Å². The normalized spacial score (nSPS) is 16.1. The van der Waals surface area contributed by atoms with Crippen LogP contribution in [-0.4, -0.2) is 58.8 Å². The summed E-state index contributed by atoms with van der Waals surface area (Å²) in [5, 5.41) is 41.1. The van der Waals surface area contributed by atoms with Gasteiger partial charge in [0.15, 0.2) is 5.96 Å². The van der Waals surface area contributed by atoms with Crippen LogP contribution in [0.5, 0.6) is 11.5 Å². The highest BCUT2D eigenvalue weighted by Crippen LogP contribution is 2.35. The predicted molar refractivity (Wildman–Crippen MR) is 140 cm³/mol. The highest BCUT2D eigenvalue weighted by atomic mass is 127. The van der Waals surface area contributed by atoms with Crippen molar-refractivity contribution in [2.45, 2.75) is 25.5 Å². The van der Waals surface area contributed by atoms with E-state index in [9.17, 15) is 24.9 Å². The molecule has 0 aliphatic carbocycles. The smallest absolute Gasteiger partial charge is 0.251 e. The summed E-state index contributed by atoms with van der Waals surface area (Å²) in [6.07, 6.45) is -0.0263. The minimum Gasteiger partial charge on any atom is -0.508 e. The Balaban J connectivity index is 1.61. The molecule has 3 rings (SSSR count). The summed E-state index contributed by atoms with van der Waals surface area (Å²) in [4.78, 5) is 29.2. The molecular formula is C22H25BrIN5O5. The topological polar surface area (TPSA) is 155 Å². The molecule has 182 valence electrons. The number of halogens is 2. The number of carbonyl (C=O) groups is 2. The predicted octanol–water partition coefficient (Wildman–Crippen LogP) is 2.19. The molecule has 0 bridgehead atoms. The summed E-state index contributed by atoms with van der Waals surface area (Å²) in [5.74, 6) is -0.633. The van der Waals surface area contributed by atoms with Gasteiger partial charge in [0.25, 0.3) is 5.91 Å². The zero-order chi connectivity index (χ0) is 24.8. The summed E-state index contributed by atoms with van der Waals surface area (Å²) in [5.41, 5.74) is 1.15. The Kier molecular flexibility index (Phi) is 8.97. The number of nitrogens with one attached hydrogen (secondary N) is 4. The van der Waals surface area contributed by atoms with Gasteiger partial charge in [0, 0.05) is 33.0 Å². The lowest BCUT2D eigenvalue weighted by Gasteiger charge is -2.20. The van der Waals surface area contributed by atoms with Crippen LogP contribution in [0.2, 0.25) is 0 Å². The molecule has 0 fully saturated rings. The Bertz CT molecular complexity index is 1110. The number of hydrogen-bond donors (Lipinski definition) is 7. The van der Waals surface area contributed by atoms with Crippen LogP contribution in [0.3, 0.4) is 0 Å². The summed E-state index contributed by atoms with van der Waals surface area (Å²) in [6, 6.07) is 7.35. The van der Waals surface area contributed by atoms with Crippen molar-refractivity contribution in [1.29, 1.82) is 0 Å². The van der Waals surface area contributed by atoms with E-state index in [1.54, 1.807) is 12.1 Å². The van der Waals surface area contributed by atoms with Crippen molar-refractivity contribution in [3.8, 4) is 11.5 Å². The summed E-state index contributed by atoms with van der Waals surface area (Å²) < 4.78 is 1.44. The highest BCUT2D eigenvalue weighted by molar-refractivity contribution is 14.1. The third-order valence-electron chi connectivity index (χ3n) is 4.99. The van der Waals surface area contributed by atoms with Gasteiger partial charge in [0.1, 0.15) is 11.5 Å². The van der Waals surface area contributed by atoms with E-state index in [1.807, 2.05) is 6.92 Å². The standard InChI is InChI=1S/C22H25BrIN5O5/c1-2-18(16-5-12(24)6-17(23)20(16)33)29-19(32)10-25-21(34)11-3-13(7-14(30)4-11)28-22-26-8-15(31)9-27-22/h3-7,15,18,30-31,33H,2,8-10H2,1H3,(H,25,34)(H,29,32)(H2,26,27,28)/t18-/m0/s1. The first-order valence-electron chi connectivity index (χ1n) is 10.5. The minimum absolute atomic E-state index is 0.0583. The molecule has 12 heteroatoms. The molecular weight excluding hydrogens is 621 g/mol. The van der Waals surface area contributed by atoms with E-state index in [1.165, 1.54) is 18.2 Å². The molecule has 0 saturated carbocycles. The number of carbonyl (C=O) groups excluding carboxylic acids is 2. The fourth-order valence-electron chi connectivity index (χ4n) is 3.33. The number of phenolic OH excluding ortho intramolecular Hbond substituents is 2. The number of hydrogen-bond acceptors (Lipinski definition) is 8. The number of aliphatic hydroxyl groups excluding tert-OH is 1. The van der Waals surface area contributed by atoms with Crippen molar-refractivity contribution in [3.05, 3.63) is 49.5 Å². The lowest BCUT2D eigenvalue weighted by atomic mass is 10.0. The van der Waals surface area contributed by atoms with Gasteiger partial charge < -0.3 is 36.6 Å². The van der Waals surface area contributed by atoms with E-state index in [4.69, 9.17) is 0 Å². The van der Waals surface area contributed by atoms with Gasteiger partial charge in [-0.15, -0.1) is 0 Å². The van der Waals surface area contributed by atoms with E-state index in [2.05, 4.69) is 64.8 Å². The van der Waals surface area contributed by atoms with Crippen molar-refractivity contribution in [2.24, 2.45) is 4.99 Å². The molecule has 1 heterocycles. The molecule has 0 spiro atoms. The first kappa shape index (κ1) is 26.0. The number of amides is 2. The molecule has 1 aliphatic rings. The number of benzene rings is 2. The second-order valence-electron chi connectivity index (χ2n) is 7.65. The summed E-state index contributed by atoms with van der Waals surface area (Å²) in [6.45, 7) is 2.17. The number of anilines is 1. The van der Waals surface area contributed by atoms with Crippen LogP contribution in [0.25, 0.3) is 0 Å².